The van der Waals surface area contributed by atoms with Gasteiger partial charge in [0.2, 0.25) is 0 Å². The van der Waals surface area contributed by atoms with Gasteiger partial charge >= 0.3 is 5.97 Å². The maximum Gasteiger partial charge on any atom is 0.349 e. The fourth-order valence-corrected chi connectivity index (χ4v) is 3.64. The highest BCUT2D eigenvalue weighted by Crippen LogP contribution is 2.32. The number of benzene rings is 1. The lowest BCUT2D eigenvalue weighted by Crippen LogP contribution is -2.30. The first-order chi connectivity index (χ1) is 16.2. The van der Waals surface area contributed by atoms with Crippen molar-refractivity contribution in [1.29, 1.82) is 5.26 Å². The first-order valence-electron chi connectivity index (χ1n) is 11.4. The van der Waals surface area contributed by atoms with Crippen LogP contribution in [0.5, 0.6) is 11.5 Å². The Bertz CT molecular complexity index is 1140. The largest absolute Gasteiger partial charge is 0.486 e. The molecule has 2 aromatic rings. The summed E-state index contributed by atoms with van der Waals surface area (Å²) in [6, 6.07) is 8.87. The van der Waals surface area contributed by atoms with Crippen LogP contribution in [0.1, 0.15) is 44.1 Å². The smallest absolute Gasteiger partial charge is 0.349 e. The number of nitriles is 1. The van der Waals surface area contributed by atoms with Crippen LogP contribution < -0.4 is 14.8 Å². The third kappa shape index (κ3) is 5.98. The van der Waals surface area contributed by atoms with Gasteiger partial charge in [0.15, 0.2) is 17.6 Å². The summed E-state index contributed by atoms with van der Waals surface area (Å²) in [5.74, 6) is 0.346. The zero-order valence-electron chi connectivity index (χ0n) is 20.3. The molecule has 8 heteroatoms. The summed E-state index contributed by atoms with van der Waals surface area (Å²) in [5, 5.41) is 12.2. The van der Waals surface area contributed by atoms with Crippen LogP contribution in [0, 0.1) is 31.1 Å². The molecule has 0 saturated heterocycles. The standard InChI is InChI=1S/C26H31N3O5/c1-16(2)8-9-29-17(3)12-20(18(29)4)13-21(15-27)26(31)34-19(5)25(30)28-22-6-7-23-24(14-22)33-11-10-32-23/h6-7,12-14,16,19H,8-11H2,1-5H3,(H,28,30)/b21-13+. The number of aromatic nitrogens is 1. The number of amides is 1. The number of anilines is 1. The van der Waals surface area contributed by atoms with Gasteiger partial charge in [-0.1, -0.05) is 13.8 Å². The van der Waals surface area contributed by atoms with Gasteiger partial charge in [-0.3, -0.25) is 4.79 Å². The second-order valence-electron chi connectivity index (χ2n) is 8.73. The predicted molar refractivity (Wildman–Crippen MR) is 129 cm³/mol. The van der Waals surface area contributed by atoms with Crippen molar-refractivity contribution in [3.8, 4) is 17.6 Å². The molecule has 0 radical (unpaired) electrons. The molecule has 0 bridgehead atoms. The molecule has 1 atom stereocenters. The van der Waals surface area contributed by atoms with Crippen molar-refractivity contribution < 1.29 is 23.8 Å². The average Bonchev–Trinajstić information content (AvgIpc) is 3.07. The second kappa shape index (κ2) is 10.9. The minimum atomic E-state index is -1.10. The summed E-state index contributed by atoms with van der Waals surface area (Å²) >= 11 is 0. The van der Waals surface area contributed by atoms with Crippen molar-refractivity contribution >= 4 is 23.6 Å². The van der Waals surface area contributed by atoms with Crippen LogP contribution in [-0.4, -0.2) is 35.8 Å². The molecule has 3 rings (SSSR count). The van der Waals surface area contributed by atoms with Crippen LogP contribution in [0.2, 0.25) is 0 Å². The molecule has 1 N–H and O–H groups in total. The van der Waals surface area contributed by atoms with Gasteiger partial charge < -0.3 is 24.1 Å². The molecule has 1 amide bonds. The summed E-state index contributed by atoms with van der Waals surface area (Å²) in [7, 11) is 0. The van der Waals surface area contributed by atoms with Gasteiger partial charge in [0.05, 0.1) is 0 Å². The number of hydrogen-bond acceptors (Lipinski definition) is 6. The van der Waals surface area contributed by atoms with E-state index in [1.54, 1.807) is 18.2 Å². The highest BCUT2D eigenvalue weighted by molar-refractivity contribution is 6.01. The number of ether oxygens (including phenoxy) is 3. The Morgan fingerprint density at radius 3 is 2.56 bits per heavy atom. The van der Waals surface area contributed by atoms with Crippen LogP contribution in [0.15, 0.2) is 29.8 Å². The molecule has 180 valence electrons. The lowest BCUT2D eigenvalue weighted by atomic mass is 10.1. The number of nitrogens with one attached hydrogen (secondary N) is 1. The fraction of sp³-hybridized carbons (Fsp3) is 0.423. The van der Waals surface area contributed by atoms with E-state index in [4.69, 9.17) is 14.2 Å². The number of rotatable bonds is 8. The zero-order chi connectivity index (χ0) is 24.8. The van der Waals surface area contributed by atoms with Crippen LogP contribution in [0.4, 0.5) is 5.69 Å². The number of fused-ring (bicyclic) bond motifs is 1. The third-order valence-electron chi connectivity index (χ3n) is 5.65. The van der Waals surface area contributed by atoms with E-state index in [0.29, 0.717) is 36.3 Å². The lowest BCUT2D eigenvalue weighted by Gasteiger charge is -2.19. The third-order valence-corrected chi connectivity index (χ3v) is 5.65. The molecule has 1 aromatic carbocycles. The van der Waals surface area contributed by atoms with E-state index in [-0.39, 0.29) is 5.57 Å². The van der Waals surface area contributed by atoms with E-state index in [9.17, 15) is 14.9 Å². The number of nitrogens with zero attached hydrogens (tertiary/aromatic N) is 2. The molecular weight excluding hydrogens is 434 g/mol. The molecule has 1 aliphatic rings. The topological polar surface area (TPSA) is 103 Å². The second-order valence-corrected chi connectivity index (χ2v) is 8.73. The van der Waals surface area contributed by atoms with Gasteiger partial charge in [0.1, 0.15) is 24.9 Å². The van der Waals surface area contributed by atoms with Crippen molar-refractivity contribution in [1.82, 2.24) is 4.57 Å². The molecule has 8 nitrogen and oxygen atoms in total. The summed E-state index contributed by atoms with van der Waals surface area (Å²) in [5.41, 5.74) is 3.14. The van der Waals surface area contributed by atoms with Crippen LogP contribution in [0.25, 0.3) is 6.08 Å². The first-order valence-corrected chi connectivity index (χ1v) is 11.4. The molecule has 0 aliphatic carbocycles. The summed E-state index contributed by atoms with van der Waals surface area (Å²) in [4.78, 5) is 25.2. The van der Waals surface area contributed by atoms with E-state index in [0.717, 1.165) is 29.9 Å². The minimum absolute atomic E-state index is 0.164. The van der Waals surface area contributed by atoms with Crippen molar-refractivity contribution in [3.05, 3.63) is 46.8 Å². The molecule has 0 fully saturated rings. The fourth-order valence-electron chi connectivity index (χ4n) is 3.64. The molecular formula is C26H31N3O5. The van der Waals surface area contributed by atoms with Crippen LogP contribution in [-0.2, 0) is 20.9 Å². The van der Waals surface area contributed by atoms with Crippen LogP contribution >= 0.6 is 0 Å². The Morgan fingerprint density at radius 1 is 1.18 bits per heavy atom. The van der Waals surface area contributed by atoms with E-state index >= 15 is 0 Å². The summed E-state index contributed by atoms with van der Waals surface area (Å²) in [6.07, 6.45) is 1.45. The molecule has 1 aromatic heterocycles. The zero-order valence-corrected chi connectivity index (χ0v) is 20.3. The molecule has 1 unspecified atom stereocenters. The van der Waals surface area contributed by atoms with Gasteiger partial charge in [0.25, 0.3) is 5.91 Å². The average molecular weight is 466 g/mol. The van der Waals surface area contributed by atoms with Gasteiger partial charge in [-0.25, -0.2) is 4.79 Å². The van der Waals surface area contributed by atoms with Crippen molar-refractivity contribution in [2.45, 2.75) is 53.7 Å². The van der Waals surface area contributed by atoms with E-state index in [2.05, 4.69) is 23.7 Å². The molecule has 2 heterocycles. The van der Waals surface area contributed by atoms with E-state index in [1.807, 2.05) is 26.0 Å². The van der Waals surface area contributed by atoms with E-state index < -0.39 is 18.0 Å². The highest BCUT2D eigenvalue weighted by Gasteiger charge is 2.22. The van der Waals surface area contributed by atoms with Gasteiger partial charge in [0, 0.05) is 29.7 Å². The highest BCUT2D eigenvalue weighted by atomic mass is 16.6. The number of carbonyl (C=O) groups is 2. The van der Waals surface area contributed by atoms with E-state index in [1.165, 1.54) is 13.0 Å². The number of hydrogen-bond donors (Lipinski definition) is 1. The van der Waals surface area contributed by atoms with Crippen molar-refractivity contribution in [2.24, 2.45) is 5.92 Å². The molecule has 34 heavy (non-hydrogen) atoms. The number of aryl methyl sites for hydroxylation is 1. The number of esters is 1. The Labute approximate surface area is 200 Å². The van der Waals surface area contributed by atoms with Gasteiger partial charge in [-0.2, -0.15) is 5.26 Å². The monoisotopic (exact) mass is 465 g/mol. The van der Waals surface area contributed by atoms with Gasteiger partial charge in [-0.15, -0.1) is 0 Å². The quantitative estimate of drug-likeness (QED) is 0.352. The van der Waals surface area contributed by atoms with Crippen molar-refractivity contribution in [2.75, 3.05) is 18.5 Å². The predicted octanol–water partition coefficient (Wildman–Crippen LogP) is 4.40. The lowest BCUT2D eigenvalue weighted by molar-refractivity contribution is -0.148. The summed E-state index contributed by atoms with van der Waals surface area (Å²) < 4.78 is 18.4. The normalized spacial score (nSPS) is 13.9. The molecule has 0 spiro atoms. The Kier molecular flexibility index (Phi) is 8.00. The number of carbonyl (C=O) groups excluding carboxylic acids is 2. The van der Waals surface area contributed by atoms with Gasteiger partial charge in [-0.05, 0) is 62.9 Å². The van der Waals surface area contributed by atoms with Crippen LogP contribution in [0.3, 0.4) is 0 Å². The van der Waals surface area contributed by atoms with Crippen molar-refractivity contribution in [3.63, 3.8) is 0 Å². The Balaban J connectivity index is 1.66. The molecule has 0 saturated carbocycles. The Morgan fingerprint density at radius 2 is 1.88 bits per heavy atom. The minimum Gasteiger partial charge on any atom is -0.486 e. The maximum absolute atomic E-state index is 12.6. The first kappa shape index (κ1) is 24.9. The maximum atomic E-state index is 12.6. The molecule has 1 aliphatic heterocycles. The summed E-state index contributed by atoms with van der Waals surface area (Å²) in [6.45, 7) is 11.5. The SMILES string of the molecule is Cc1cc(/C=C(\C#N)C(=O)OC(C)C(=O)Nc2ccc3c(c2)OCCO3)c(C)n1CCC(C)C. The Hall–Kier alpha value is -3.73.